The standard InChI is InChI=1S/C29H31F4N5O2/c1-3-28(39)36-22-6-4-5-21(16-22)35-25-17-27(34-18-23(25)29(31,32)33)37-24-8-7-20(15-26(24)40-2)19-9-12-38(13-10-19)14-11-30/h3-8,15-19H,1,9-14H2,2H3,(H,36,39)(H2,34,35,37). The molecule has 3 aromatic rings. The Morgan fingerprint density at radius 2 is 1.85 bits per heavy atom. The average Bonchev–Trinajstić information content (AvgIpc) is 2.93. The van der Waals surface area contributed by atoms with Gasteiger partial charge in [0.15, 0.2) is 0 Å². The fraction of sp³-hybridized carbons (Fsp3) is 0.310. The maximum atomic E-state index is 13.8. The molecule has 0 atom stereocenters. The molecule has 1 aliphatic rings. The highest BCUT2D eigenvalue weighted by atomic mass is 19.4. The zero-order valence-corrected chi connectivity index (χ0v) is 22.0. The van der Waals surface area contributed by atoms with Gasteiger partial charge in [-0.2, -0.15) is 13.2 Å². The maximum absolute atomic E-state index is 13.8. The van der Waals surface area contributed by atoms with E-state index in [-0.39, 0.29) is 18.2 Å². The second-order valence-electron chi connectivity index (χ2n) is 9.40. The van der Waals surface area contributed by atoms with Gasteiger partial charge in [0.1, 0.15) is 18.2 Å². The summed E-state index contributed by atoms with van der Waals surface area (Å²) in [5.74, 6) is 0.583. The lowest BCUT2D eigenvalue weighted by atomic mass is 9.89. The van der Waals surface area contributed by atoms with Crippen molar-refractivity contribution in [3.8, 4) is 5.75 Å². The molecule has 1 aliphatic heterocycles. The smallest absolute Gasteiger partial charge is 0.419 e. The SMILES string of the molecule is C=CC(=O)Nc1cccc(Nc2cc(Nc3ccc(C4CCN(CCF)CC4)cc3OC)ncc2C(F)(F)F)c1. The van der Waals surface area contributed by atoms with Crippen LogP contribution in [0.5, 0.6) is 5.75 Å². The molecule has 0 aliphatic carbocycles. The molecule has 1 fully saturated rings. The number of nitrogens with zero attached hydrogens (tertiary/aromatic N) is 2. The van der Waals surface area contributed by atoms with Gasteiger partial charge in [-0.3, -0.25) is 4.79 Å². The van der Waals surface area contributed by atoms with Crippen molar-refractivity contribution in [1.82, 2.24) is 9.88 Å². The largest absolute Gasteiger partial charge is 0.495 e. The number of aromatic nitrogens is 1. The summed E-state index contributed by atoms with van der Waals surface area (Å²) in [5, 5.41) is 8.44. The van der Waals surface area contributed by atoms with E-state index in [1.807, 2.05) is 18.2 Å². The molecule has 0 spiro atoms. The highest BCUT2D eigenvalue weighted by Crippen LogP contribution is 2.39. The summed E-state index contributed by atoms with van der Waals surface area (Å²) in [7, 11) is 1.53. The van der Waals surface area contributed by atoms with E-state index in [1.54, 1.807) is 18.2 Å². The number of amides is 1. The van der Waals surface area contributed by atoms with E-state index in [0.717, 1.165) is 43.8 Å². The Kier molecular flexibility index (Phi) is 9.26. The van der Waals surface area contributed by atoms with Gasteiger partial charge < -0.3 is 25.6 Å². The minimum Gasteiger partial charge on any atom is -0.495 e. The molecule has 0 radical (unpaired) electrons. The van der Waals surface area contributed by atoms with Gasteiger partial charge in [0.2, 0.25) is 5.91 Å². The zero-order chi connectivity index (χ0) is 28.7. The van der Waals surface area contributed by atoms with Crippen LogP contribution >= 0.6 is 0 Å². The predicted octanol–water partition coefficient (Wildman–Crippen LogP) is 6.87. The number of methoxy groups -OCH3 is 1. The number of pyridine rings is 1. The fourth-order valence-electron chi connectivity index (χ4n) is 4.69. The number of piperidine rings is 1. The number of nitrogens with one attached hydrogen (secondary N) is 3. The molecule has 0 unspecified atom stereocenters. The highest BCUT2D eigenvalue weighted by Gasteiger charge is 2.34. The predicted molar refractivity (Wildman–Crippen MR) is 148 cm³/mol. The Morgan fingerprint density at radius 1 is 1.10 bits per heavy atom. The first-order valence-corrected chi connectivity index (χ1v) is 12.8. The lowest BCUT2D eigenvalue weighted by Gasteiger charge is -2.31. The van der Waals surface area contributed by atoms with Crippen LogP contribution in [0.3, 0.4) is 0 Å². The average molecular weight is 558 g/mol. The summed E-state index contributed by atoms with van der Waals surface area (Å²) in [6.45, 7) is 5.14. The lowest BCUT2D eigenvalue weighted by molar-refractivity contribution is -0.137. The molecular formula is C29H31F4N5O2. The monoisotopic (exact) mass is 557 g/mol. The number of rotatable bonds is 10. The van der Waals surface area contributed by atoms with Crippen LogP contribution in [0.4, 0.5) is 46.1 Å². The number of halogens is 4. The molecule has 1 amide bonds. The van der Waals surface area contributed by atoms with Crippen LogP contribution in [-0.4, -0.2) is 49.2 Å². The van der Waals surface area contributed by atoms with E-state index in [4.69, 9.17) is 4.74 Å². The minimum atomic E-state index is -4.65. The van der Waals surface area contributed by atoms with Crippen molar-refractivity contribution in [3.05, 3.63) is 78.5 Å². The summed E-state index contributed by atoms with van der Waals surface area (Å²) in [6, 6.07) is 13.3. The van der Waals surface area contributed by atoms with Gasteiger partial charge in [0.05, 0.1) is 24.0 Å². The topological polar surface area (TPSA) is 78.5 Å². The summed E-state index contributed by atoms with van der Waals surface area (Å²) in [6.07, 6.45) is -0.976. The number of benzene rings is 2. The first kappa shape index (κ1) is 28.9. The van der Waals surface area contributed by atoms with Crippen LogP contribution < -0.4 is 20.7 Å². The van der Waals surface area contributed by atoms with Gasteiger partial charge in [0.25, 0.3) is 0 Å². The Morgan fingerprint density at radius 3 is 2.52 bits per heavy atom. The zero-order valence-electron chi connectivity index (χ0n) is 22.0. The van der Waals surface area contributed by atoms with Crippen molar-refractivity contribution in [1.29, 1.82) is 0 Å². The van der Waals surface area contributed by atoms with Crippen molar-refractivity contribution in [2.45, 2.75) is 24.9 Å². The highest BCUT2D eigenvalue weighted by molar-refractivity contribution is 5.99. The third kappa shape index (κ3) is 7.29. The van der Waals surface area contributed by atoms with Crippen LogP contribution in [0.15, 0.2) is 67.4 Å². The van der Waals surface area contributed by atoms with Crippen molar-refractivity contribution >= 4 is 34.5 Å². The molecule has 11 heteroatoms. The molecule has 1 saturated heterocycles. The number of ether oxygens (including phenoxy) is 1. The summed E-state index contributed by atoms with van der Waals surface area (Å²) in [5.41, 5.74) is 1.22. The molecule has 2 heterocycles. The number of carbonyl (C=O) groups is 1. The van der Waals surface area contributed by atoms with Crippen molar-refractivity contribution < 1.29 is 27.1 Å². The van der Waals surface area contributed by atoms with E-state index in [0.29, 0.717) is 35.3 Å². The van der Waals surface area contributed by atoms with Gasteiger partial charge >= 0.3 is 6.18 Å². The first-order valence-electron chi connectivity index (χ1n) is 12.8. The van der Waals surface area contributed by atoms with Gasteiger partial charge in [-0.05, 0) is 73.8 Å². The second kappa shape index (κ2) is 12.8. The number of hydrogen-bond acceptors (Lipinski definition) is 6. The second-order valence-corrected chi connectivity index (χ2v) is 9.40. The normalized spacial score (nSPS) is 14.4. The lowest BCUT2D eigenvalue weighted by Crippen LogP contribution is -2.34. The van der Waals surface area contributed by atoms with E-state index in [9.17, 15) is 22.4 Å². The molecule has 2 aromatic carbocycles. The number of likely N-dealkylation sites (tertiary alicyclic amines) is 1. The third-order valence-electron chi connectivity index (χ3n) is 6.75. The molecule has 7 nitrogen and oxygen atoms in total. The van der Waals surface area contributed by atoms with Gasteiger partial charge in [-0.25, -0.2) is 9.37 Å². The van der Waals surface area contributed by atoms with Gasteiger partial charge in [-0.15, -0.1) is 0 Å². The van der Waals surface area contributed by atoms with Crippen molar-refractivity contribution in [3.63, 3.8) is 0 Å². The third-order valence-corrected chi connectivity index (χ3v) is 6.75. The first-order chi connectivity index (χ1) is 19.2. The summed E-state index contributed by atoms with van der Waals surface area (Å²) >= 11 is 0. The fourth-order valence-corrected chi connectivity index (χ4v) is 4.69. The molecule has 212 valence electrons. The van der Waals surface area contributed by atoms with E-state index in [2.05, 4.69) is 32.4 Å². The van der Waals surface area contributed by atoms with Gasteiger partial charge in [-0.1, -0.05) is 18.7 Å². The van der Waals surface area contributed by atoms with Crippen molar-refractivity contribution in [2.24, 2.45) is 0 Å². The number of alkyl halides is 4. The molecule has 4 rings (SSSR count). The Labute approximate surface area is 230 Å². The van der Waals surface area contributed by atoms with E-state index >= 15 is 0 Å². The minimum absolute atomic E-state index is 0.178. The van der Waals surface area contributed by atoms with E-state index in [1.165, 1.54) is 19.2 Å². The Bertz CT molecular complexity index is 1340. The molecule has 0 bridgehead atoms. The van der Waals surface area contributed by atoms with Crippen LogP contribution in [-0.2, 0) is 11.0 Å². The molecule has 0 saturated carbocycles. The quantitative estimate of drug-likeness (QED) is 0.187. The van der Waals surface area contributed by atoms with Crippen LogP contribution in [0, 0.1) is 0 Å². The number of carbonyl (C=O) groups excluding carboxylic acids is 1. The molecule has 3 N–H and O–H groups in total. The summed E-state index contributed by atoms with van der Waals surface area (Å²) in [4.78, 5) is 17.7. The van der Waals surface area contributed by atoms with Crippen LogP contribution in [0.25, 0.3) is 0 Å². The molecule has 1 aromatic heterocycles. The Balaban J connectivity index is 1.56. The number of hydrogen-bond donors (Lipinski definition) is 3. The van der Waals surface area contributed by atoms with E-state index < -0.39 is 17.6 Å². The van der Waals surface area contributed by atoms with Gasteiger partial charge in [0, 0.05) is 30.2 Å². The number of anilines is 5. The van der Waals surface area contributed by atoms with Crippen molar-refractivity contribution in [2.75, 3.05) is 49.4 Å². The molecule has 40 heavy (non-hydrogen) atoms. The molecular weight excluding hydrogens is 526 g/mol. The van der Waals surface area contributed by atoms with Crippen LogP contribution in [0.1, 0.15) is 29.9 Å². The maximum Gasteiger partial charge on any atom is 0.419 e. The Hall–Kier alpha value is -4.12. The van der Waals surface area contributed by atoms with Crippen LogP contribution in [0.2, 0.25) is 0 Å². The summed E-state index contributed by atoms with van der Waals surface area (Å²) < 4.78 is 59.6.